The third kappa shape index (κ3) is 5.50. The molecule has 2 N–H and O–H groups in total. The van der Waals surface area contributed by atoms with Gasteiger partial charge in [-0.1, -0.05) is 13.3 Å². The summed E-state index contributed by atoms with van der Waals surface area (Å²) in [6, 6.07) is 0.0411. The smallest absolute Gasteiger partial charge is 0.220 e. The van der Waals surface area contributed by atoms with Gasteiger partial charge in [-0.15, -0.1) is 0 Å². The van der Waals surface area contributed by atoms with Crippen LogP contribution in [0.25, 0.3) is 0 Å². The van der Waals surface area contributed by atoms with E-state index in [2.05, 4.69) is 12.2 Å². The summed E-state index contributed by atoms with van der Waals surface area (Å²) in [6.45, 7) is 4.10. The van der Waals surface area contributed by atoms with Crippen LogP contribution in [0.2, 0.25) is 0 Å². The molecular formula is C10H21NO2S. The van der Waals surface area contributed by atoms with E-state index < -0.39 is 0 Å². The third-order valence-corrected chi connectivity index (χ3v) is 3.35. The topological polar surface area (TPSA) is 49.3 Å². The van der Waals surface area contributed by atoms with E-state index in [0.717, 1.165) is 12.8 Å². The van der Waals surface area contributed by atoms with Crippen molar-refractivity contribution >= 4 is 17.7 Å². The first kappa shape index (κ1) is 13.8. The summed E-state index contributed by atoms with van der Waals surface area (Å²) < 4.78 is 0. The maximum Gasteiger partial charge on any atom is 0.220 e. The molecule has 0 bridgehead atoms. The van der Waals surface area contributed by atoms with Gasteiger partial charge in [-0.2, -0.15) is 11.8 Å². The highest BCUT2D eigenvalue weighted by Crippen LogP contribution is 2.10. The van der Waals surface area contributed by atoms with Crippen molar-refractivity contribution in [2.24, 2.45) is 0 Å². The Kier molecular flexibility index (Phi) is 7.99. The van der Waals surface area contributed by atoms with Gasteiger partial charge in [0.1, 0.15) is 0 Å². The Morgan fingerprint density at radius 1 is 1.57 bits per heavy atom. The molecule has 0 aliphatic carbocycles. The van der Waals surface area contributed by atoms with Crippen molar-refractivity contribution in [1.29, 1.82) is 0 Å². The molecule has 2 atom stereocenters. The molecule has 0 rings (SSSR count). The number of thioether (sulfide) groups is 1. The van der Waals surface area contributed by atoms with Gasteiger partial charge in [-0.05, 0) is 19.6 Å². The quantitative estimate of drug-likeness (QED) is 0.680. The lowest BCUT2D eigenvalue weighted by atomic mass is 10.2. The zero-order chi connectivity index (χ0) is 11.0. The van der Waals surface area contributed by atoms with E-state index >= 15 is 0 Å². The van der Waals surface area contributed by atoms with E-state index in [1.807, 2.05) is 13.2 Å². The minimum absolute atomic E-state index is 0.0411. The lowest BCUT2D eigenvalue weighted by Crippen LogP contribution is -2.41. The fraction of sp³-hybridized carbons (Fsp3) is 0.900. The van der Waals surface area contributed by atoms with E-state index in [4.69, 9.17) is 5.11 Å². The van der Waals surface area contributed by atoms with Crippen molar-refractivity contribution in [3.05, 3.63) is 0 Å². The summed E-state index contributed by atoms with van der Waals surface area (Å²) in [5.41, 5.74) is 0. The molecule has 84 valence electrons. The second-order valence-electron chi connectivity index (χ2n) is 3.42. The van der Waals surface area contributed by atoms with Crippen LogP contribution in [0, 0.1) is 0 Å². The second kappa shape index (κ2) is 8.12. The molecule has 0 fully saturated rings. The summed E-state index contributed by atoms with van der Waals surface area (Å²) in [7, 11) is 0. The van der Waals surface area contributed by atoms with Crippen LogP contribution < -0.4 is 5.32 Å². The first-order valence-electron chi connectivity index (χ1n) is 5.08. The van der Waals surface area contributed by atoms with E-state index in [1.165, 1.54) is 0 Å². The molecule has 2 unspecified atom stereocenters. The Balaban J connectivity index is 3.79. The fourth-order valence-electron chi connectivity index (χ4n) is 1.19. The standard InChI is InChI=1S/C10H21NO2S/c1-4-5-6-10(13)11-8(2)9(7-12)14-3/h8-9,12H,4-7H2,1-3H3,(H,11,13). The molecule has 0 aromatic rings. The molecule has 0 heterocycles. The van der Waals surface area contributed by atoms with Crippen LogP contribution in [-0.2, 0) is 4.79 Å². The Bertz CT molecular complexity index is 160. The van der Waals surface area contributed by atoms with E-state index in [9.17, 15) is 4.79 Å². The van der Waals surface area contributed by atoms with Crippen molar-refractivity contribution in [2.75, 3.05) is 12.9 Å². The zero-order valence-corrected chi connectivity index (χ0v) is 10.1. The van der Waals surface area contributed by atoms with Crippen LogP contribution in [0.5, 0.6) is 0 Å². The monoisotopic (exact) mass is 219 g/mol. The van der Waals surface area contributed by atoms with E-state index in [1.54, 1.807) is 11.8 Å². The van der Waals surface area contributed by atoms with Crippen molar-refractivity contribution in [3.8, 4) is 0 Å². The summed E-state index contributed by atoms with van der Waals surface area (Å²) in [6.07, 6.45) is 4.50. The second-order valence-corrected chi connectivity index (χ2v) is 4.49. The summed E-state index contributed by atoms with van der Waals surface area (Å²) in [4.78, 5) is 11.3. The number of aliphatic hydroxyl groups is 1. The van der Waals surface area contributed by atoms with E-state index in [0.29, 0.717) is 6.42 Å². The lowest BCUT2D eigenvalue weighted by Gasteiger charge is -2.21. The molecule has 0 radical (unpaired) electrons. The molecule has 1 amide bonds. The highest BCUT2D eigenvalue weighted by Gasteiger charge is 2.16. The molecule has 0 saturated carbocycles. The Labute approximate surface area is 90.7 Å². The first-order chi connectivity index (χ1) is 6.65. The van der Waals surface area contributed by atoms with Crippen LogP contribution in [0.4, 0.5) is 0 Å². The molecule has 3 nitrogen and oxygen atoms in total. The van der Waals surface area contributed by atoms with Gasteiger partial charge >= 0.3 is 0 Å². The van der Waals surface area contributed by atoms with Crippen molar-refractivity contribution in [2.45, 2.75) is 44.4 Å². The SMILES string of the molecule is CCCCC(=O)NC(C)C(CO)SC. The number of amides is 1. The maximum atomic E-state index is 11.3. The highest BCUT2D eigenvalue weighted by molar-refractivity contribution is 7.99. The number of rotatable bonds is 7. The van der Waals surface area contributed by atoms with Crippen LogP contribution in [0.15, 0.2) is 0 Å². The van der Waals surface area contributed by atoms with Gasteiger partial charge in [-0.3, -0.25) is 4.79 Å². The van der Waals surface area contributed by atoms with Crippen molar-refractivity contribution < 1.29 is 9.90 Å². The molecule has 4 heteroatoms. The number of nitrogens with one attached hydrogen (secondary N) is 1. The summed E-state index contributed by atoms with van der Waals surface area (Å²) in [5.74, 6) is 0.0897. The van der Waals surface area contributed by atoms with Crippen LogP contribution in [0.3, 0.4) is 0 Å². The molecule has 0 spiro atoms. The normalized spacial score (nSPS) is 14.9. The number of aliphatic hydroxyl groups excluding tert-OH is 1. The molecule has 0 saturated heterocycles. The Morgan fingerprint density at radius 3 is 2.64 bits per heavy atom. The predicted octanol–water partition coefficient (Wildman–Crippen LogP) is 1.41. The minimum atomic E-state index is 0.0411. The molecule has 0 aliphatic rings. The average Bonchev–Trinajstić information content (AvgIpc) is 2.16. The summed E-state index contributed by atoms with van der Waals surface area (Å²) in [5, 5.41) is 12.0. The highest BCUT2D eigenvalue weighted by atomic mass is 32.2. The lowest BCUT2D eigenvalue weighted by molar-refractivity contribution is -0.121. The molecule has 0 aromatic carbocycles. The van der Waals surface area contributed by atoms with Gasteiger partial charge in [-0.25, -0.2) is 0 Å². The summed E-state index contributed by atoms with van der Waals surface area (Å²) >= 11 is 1.58. The van der Waals surface area contributed by atoms with Gasteiger partial charge in [0.2, 0.25) is 5.91 Å². The molecular weight excluding hydrogens is 198 g/mol. The number of hydrogen-bond acceptors (Lipinski definition) is 3. The third-order valence-electron chi connectivity index (χ3n) is 2.19. The van der Waals surface area contributed by atoms with Crippen LogP contribution >= 0.6 is 11.8 Å². The van der Waals surface area contributed by atoms with Crippen molar-refractivity contribution in [3.63, 3.8) is 0 Å². The fourth-order valence-corrected chi connectivity index (χ4v) is 1.82. The Morgan fingerprint density at radius 2 is 2.21 bits per heavy atom. The van der Waals surface area contributed by atoms with E-state index in [-0.39, 0.29) is 23.8 Å². The maximum absolute atomic E-state index is 11.3. The number of hydrogen-bond donors (Lipinski definition) is 2. The Hall–Kier alpha value is -0.220. The predicted molar refractivity (Wildman–Crippen MR) is 61.5 cm³/mol. The number of carbonyl (C=O) groups excluding carboxylic acids is 1. The zero-order valence-electron chi connectivity index (χ0n) is 9.25. The van der Waals surface area contributed by atoms with Crippen LogP contribution in [-0.4, -0.2) is 35.2 Å². The average molecular weight is 219 g/mol. The first-order valence-corrected chi connectivity index (χ1v) is 6.37. The molecule has 0 aliphatic heterocycles. The van der Waals surface area contributed by atoms with Gasteiger partial charge in [0.15, 0.2) is 0 Å². The van der Waals surface area contributed by atoms with Gasteiger partial charge < -0.3 is 10.4 Å². The van der Waals surface area contributed by atoms with Crippen LogP contribution in [0.1, 0.15) is 33.1 Å². The molecule has 14 heavy (non-hydrogen) atoms. The largest absolute Gasteiger partial charge is 0.395 e. The molecule has 0 aromatic heterocycles. The number of unbranched alkanes of at least 4 members (excludes halogenated alkanes) is 1. The minimum Gasteiger partial charge on any atom is -0.395 e. The van der Waals surface area contributed by atoms with Gasteiger partial charge in [0.25, 0.3) is 0 Å². The van der Waals surface area contributed by atoms with Crippen molar-refractivity contribution in [1.82, 2.24) is 5.32 Å². The number of carbonyl (C=O) groups is 1. The van der Waals surface area contributed by atoms with Gasteiger partial charge in [0, 0.05) is 17.7 Å². The van der Waals surface area contributed by atoms with Gasteiger partial charge in [0.05, 0.1) is 6.61 Å².